The minimum Gasteiger partial charge on any atom is -0.411 e. The van der Waals surface area contributed by atoms with E-state index in [2.05, 4.69) is 17.3 Å². The number of carbonyl (C=O) groups is 1. The van der Waals surface area contributed by atoms with Crippen LogP contribution in [0.4, 0.5) is 4.79 Å². The standard InChI is InChI=1S/C20H28N4O3/c1-23-11-9-14(10-12-23)24(2)20(26)22-18(13-25)16-7-8-19(27-21)17-6-4-3-5-15(16)17/h3-8,14,18,25H,9-13,21H2,1-2H3,(H,22,26). The lowest BCUT2D eigenvalue weighted by Gasteiger charge is -2.35. The molecule has 0 spiro atoms. The molecule has 2 aromatic rings. The fraction of sp³-hybridized carbons (Fsp3) is 0.450. The average molecular weight is 372 g/mol. The molecule has 4 N–H and O–H groups in total. The van der Waals surface area contributed by atoms with E-state index in [9.17, 15) is 9.90 Å². The van der Waals surface area contributed by atoms with Gasteiger partial charge in [0.1, 0.15) is 0 Å². The third-order valence-corrected chi connectivity index (χ3v) is 5.46. The van der Waals surface area contributed by atoms with Gasteiger partial charge in [0, 0.05) is 18.5 Å². The first-order chi connectivity index (χ1) is 13.0. The maximum Gasteiger partial charge on any atom is 0.317 e. The Kier molecular flexibility index (Phi) is 6.15. The van der Waals surface area contributed by atoms with Gasteiger partial charge in [-0.3, -0.25) is 0 Å². The van der Waals surface area contributed by atoms with Crippen LogP contribution < -0.4 is 16.1 Å². The number of nitrogens with one attached hydrogen (secondary N) is 1. The van der Waals surface area contributed by atoms with Crippen molar-refractivity contribution in [2.75, 3.05) is 33.8 Å². The SMILES string of the molecule is CN1CCC(N(C)C(=O)NC(CO)c2ccc(ON)c3ccccc23)CC1. The first-order valence-electron chi connectivity index (χ1n) is 9.26. The van der Waals surface area contributed by atoms with E-state index in [-0.39, 0.29) is 18.7 Å². The first-order valence-corrected chi connectivity index (χ1v) is 9.26. The van der Waals surface area contributed by atoms with Crippen molar-refractivity contribution in [3.8, 4) is 5.75 Å². The Morgan fingerprint density at radius 2 is 1.96 bits per heavy atom. The van der Waals surface area contributed by atoms with Crippen molar-refractivity contribution in [2.24, 2.45) is 5.90 Å². The number of aliphatic hydroxyl groups is 1. The number of amides is 2. The molecule has 0 saturated carbocycles. The number of aliphatic hydroxyl groups excluding tert-OH is 1. The second-order valence-electron chi connectivity index (χ2n) is 7.15. The molecule has 146 valence electrons. The number of benzene rings is 2. The van der Waals surface area contributed by atoms with Crippen molar-refractivity contribution in [1.29, 1.82) is 0 Å². The van der Waals surface area contributed by atoms with E-state index in [1.165, 1.54) is 0 Å². The Hall–Kier alpha value is -2.35. The second kappa shape index (κ2) is 8.56. The zero-order valence-corrected chi connectivity index (χ0v) is 15.9. The molecule has 27 heavy (non-hydrogen) atoms. The molecule has 7 nitrogen and oxygen atoms in total. The van der Waals surface area contributed by atoms with Gasteiger partial charge in [0.2, 0.25) is 0 Å². The van der Waals surface area contributed by atoms with Crippen molar-refractivity contribution in [2.45, 2.75) is 24.9 Å². The van der Waals surface area contributed by atoms with Crippen LogP contribution in [-0.2, 0) is 0 Å². The predicted molar refractivity (Wildman–Crippen MR) is 105 cm³/mol. The van der Waals surface area contributed by atoms with Crippen LogP contribution in [0.15, 0.2) is 36.4 Å². The fourth-order valence-corrected chi connectivity index (χ4v) is 3.72. The molecular weight excluding hydrogens is 344 g/mol. The van der Waals surface area contributed by atoms with Crippen LogP contribution in [0.5, 0.6) is 5.75 Å². The molecule has 1 atom stereocenters. The lowest BCUT2D eigenvalue weighted by atomic mass is 9.98. The third-order valence-electron chi connectivity index (χ3n) is 5.46. The number of piperidine rings is 1. The summed E-state index contributed by atoms with van der Waals surface area (Å²) in [6, 6.07) is 10.8. The summed E-state index contributed by atoms with van der Waals surface area (Å²) in [5.41, 5.74) is 0.832. The Labute approximate surface area is 159 Å². The normalized spacial score (nSPS) is 16.9. The quantitative estimate of drug-likeness (QED) is 0.697. The number of nitrogens with zero attached hydrogens (tertiary/aromatic N) is 2. The molecule has 1 saturated heterocycles. The molecule has 1 aliphatic heterocycles. The van der Waals surface area contributed by atoms with Gasteiger partial charge in [0.15, 0.2) is 5.75 Å². The molecule has 1 fully saturated rings. The Morgan fingerprint density at radius 3 is 2.59 bits per heavy atom. The molecule has 7 heteroatoms. The van der Waals surface area contributed by atoms with Crippen molar-refractivity contribution >= 4 is 16.8 Å². The monoisotopic (exact) mass is 372 g/mol. The zero-order chi connectivity index (χ0) is 19.4. The van der Waals surface area contributed by atoms with Gasteiger partial charge < -0.3 is 25.1 Å². The Balaban J connectivity index is 1.79. The summed E-state index contributed by atoms with van der Waals surface area (Å²) < 4.78 is 0. The van der Waals surface area contributed by atoms with Gasteiger partial charge in [0.05, 0.1) is 12.6 Å². The Bertz CT molecular complexity index is 790. The fourth-order valence-electron chi connectivity index (χ4n) is 3.72. The van der Waals surface area contributed by atoms with Crippen molar-refractivity contribution in [3.63, 3.8) is 0 Å². The summed E-state index contributed by atoms with van der Waals surface area (Å²) in [7, 11) is 3.92. The maximum absolute atomic E-state index is 12.8. The number of carbonyl (C=O) groups excluding carboxylic acids is 1. The lowest BCUT2D eigenvalue weighted by Crippen LogP contribution is -2.49. The first kappa shape index (κ1) is 19.4. The van der Waals surface area contributed by atoms with E-state index >= 15 is 0 Å². The van der Waals surface area contributed by atoms with Gasteiger partial charge in [-0.15, -0.1) is 0 Å². The van der Waals surface area contributed by atoms with Crippen LogP contribution >= 0.6 is 0 Å². The van der Waals surface area contributed by atoms with E-state index in [1.807, 2.05) is 37.4 Å². The minimum absolute atomic E-state index is 0.174. The van der Waals surface area contributed by atoms with Gasteiger partial charge in [-0.2, -0.15) is 5.90 Å². The molecule has 0 radical (unpaired) electrons. The van der Waals surface area contributed by atoms with Gasteiger partial charge in [0.25, 0.3) is 0 Å². The Morgan fingerprint density at radius 1 is 1.30 bits per heavy atom. The van der Waals surface area contributed by atoms with Gasteiger partial charge in [-0.05, 0) is 50.0 Å². The highest BCUT2D eigenvalue weighted by molar-refractivity contribution is 5.91. The number of likely N-dealkylation sites (tertiary alicyclic amines) is 1. The molecule has 2 aromatic carbocycles. The van der Waals surface area contributed by atoms with E-state index < -0.39 is 6.04 Å². The molecular formula is C20H28N4O3. The number of urea groups is 1. The van der Waals surface area contributed by atoms with E-state index in [4.69, 9.17) is 10.7 Å². The largest absolute Gasteiger partial charge is 0.411 e. The van der Waals surface area contributed by atoms with Crippen LogP contribution in [0, 0.1) is 0 Å². The topological polar surface area (TPSA) is 91.1 Å². The van der Waals surface area contributed by atoms with Gasteiger partial charge in [-0.25, -0.2) is 4.79 Å². The second-order valence-corrected chi connectivity index (χ2v) is 7.15. The number of rotatable bonds is 5. The molecule has 1 heterocycles. The highest BCUT2D eigenvalue weighted by Gasteiger charge is 2.26. The summed E-state index contributed by atoms with van der Waals surface area (Å²) in [6.45, 7) is 1.77. The third kappa shape index (κ3) is 4.16. The zero-order valence-electron chi connectivity index (χ0n) is 15.9. The average Bonchev–Trinajstić information content (AvgIpc) is 2.71. The summed E-state index contributed by atoms with van der Waals surface area (Å²) in [5.74, 6) is 5.91. The highest BCUT2D eigenvalue weighted by atomic mass is 16.6. The molecule has 3 rings (SSSR count). The molecule has 1 aliphatic rings. The summed E-state index contributed by atoms with van der Waals surface area (Å²) in [6.07, 6.45) is 1.91. The molecule has 0 aliphatic carbocycles. The van der Waals surface area contributed by atoms with Crippen molar-refractivity contribution < 1.29 is 14.7 Å². The minimum atomic E-state index is -0.511. The molecule has 0 bridgehead atoms. The predicted octanol–water partition coefficient (Wildman–Crippen LogP) is 1.86. The number of nitrogens with two attached hydrogens (primary N) is 1. The van der Waals surface area contributed by atoms with Crippen LogP contribution in [-0.4, -0.2) is 60.8 Å². The van der Waals surface area contributed by atoms with E-state index in [0.717, 1.165) is 42.3 Å². The molecule has 2 amide bonds. The van der Waals surface area contributed by atoms with Crippen molar-refractivity contribution in [3.05, 3.63) is 42.0 Å². The van der Waals surface area contributed by atoms with E-state index in [0.29, 0.717) is 5.75 Å². The molecule has 1 unspecified atom stereocenters. The van der Waals surface area contributed by atoms with Crippen LogP contribution in [0.2, 0.25) is 0 Å². The van der Waals surface area contributed by atoms with Crippen LogP contribution in [0.1, 0.15) is 24.4 Å². The van der Waals surface area contributed by atoms with Crippen LogP contribution in [0.3, 0.4) is 0 Å². The number of hydrogen-bond acceptors (Lipinski definition) is 5. The van der Waals surface area contributed by atoms with Gasteiger partial charge in [-0.1, -0.05) is 30.3 Å². The van der Waals surface area contributed by atoms with E-state index in [1.54, 1.807) is 11.0 Å². The summed E-state index contributed by atoms with van der Waals surface area (Å²) in [4.78, 5) is 21.7. The van der Waals surface area contributed by atoms with Crippen molar-refractivity contribution in [1.82, 2.24) is 15.1 Å². The number of fused-ring (bicyclic) bond motifs is 1. The number of hydrogen-bond donors (Lipinski definition) is 3. The van der Waals surface area contributed by atoms with Gasteiger partial charge >= 0.3 is 6.03 Å². The summed E-state index contributed by atoms with van der Waals surface area (Å²) in [5, 5.41) is 14.6. The summed E-state index contributed by atoms with van der Waals surface area (Å²) >= 11 is 0. The lowest BCUT2D eigenvalue weighted by molar-refractivity contribution is 0.141. The molecule has 0 aromatic heterocycles. The highest BCUT2D eigenvalue weighted by Crippen LogP contribution is 2.31. The maximum atomic E-state index is 12.8. The smallest absolute Gasteiger partial charge is 0.317 e. The van der Waals surface area contributed by atoms with Crippen LogP contribution in [0.25, 0.3) is 10.8 Å².